The maximum Gasteiger partial charge on any atom is 0.343 e. The van der Waals surface area contributed by atoms with E-state index in [4.69, 9.17) is 9.47 Å². The van der Waals surface area contributed by atoms with Gasteiger partial charge in [0.1, 0.15) is 11.5 Å². The first-order chi connectivity index (χ1) is 18.7. The second-order valence-corrected chi connectivity index (χ2v) is 9.42. The zero-order chi connectivity index (χ0) is 26.7. The van der Waals surface area contributed by atoms with Gasteiger partial charge in [0, 0.05) is 6.21 Å². The minimum absolute atomic E-state index is 0.282. The van der Waals surface area contributed by atoms with E-state index in [1.165, 1.54) is 83.0 Å². The molecule has 2 aromatic carbocycles. The van der Waals surface area contributed by atoms with Gasteiger partial charge in [-0.3, -0.25) is 0 Å². The molecule has 0 aliphatic carbocycles. The zero-order valence-electron chi connectivity index (χ0n) is 22.6. The number of aliphatic imine (C=N–C) groups is 1. The molecule has 3 rings (SSSR count). The van der Waals surface area contributed by atoms with Crippen LogP contribution in [0.15, 0.2) is 65.9 Å². The molecule has 0 N–H and O–H groups in total. The van der Waals surface area contributed by atoms with Gasteiger partial charge in [0.05, 0.1) is 24.6 Å². The van der Waals surface area contributed by atoms with E-state index in [9.17, 15) is 4.79 Å². The Morgan fingerprint density at radius 1 is 0.763 bits per heavy atom. The number of carbonyl (C=O) groups excluding carboxylic acids is 1. The summed E-state index contributed by atoms with van der Waals surface area (Å²) in [6.07, 6.45) is 20.5. The van der Waals surface area contributed by atoms with Crippen LogP contribution < -0.4 is 9.47 Å². The van der Waals surface area contributed by atoms with E-state index in [0.29, 0.717) is 17.9 Å². The number of ether oxygens (including phenoxy) is 2. The molecule has 0 saturated heterocycles. The third-order valence-corrected chi connectivity index (χ3v) is 6.25. The SMILES string of the molecule is CCCCCCCCCCCCCCOc1ccc(C(=O)Oc2ccc(/C=N/c3nccnn3)cc2)cc1. The van der Waals surface area contributed by atoms with Crippen molar-refractivity contribution in [1.82, 2.24) is 15.2 Å². The smallest absolute Gasteiger partial charge is 0.343 e. The Bertz CT molecular complexity index is 1070. The van der Waals surface area contributed by atoms with Crippen LogP contribution in [0.1, 0.15) is 99.9 Å². The summed E-state index contributed by atoms with van der Waals surface area (Å²) in [7, 11) is 0. The number of unbranched alkanes of at least 4 members (excludes halogenated alkanes) is 11. The molecule has 0 radical (unpaired) electrons. The van der Waals surface area contributed by atoms with Crippen LogP contribution in [-0.4, -0.2) is 34.0 Å². The third-order valence-electron chi connectivity index (χ3n) is 6.25. The summed E-state index contributed by atoms with van der Waals surface area (Å²) in [6.45, 7) is 2.96. The molecule has 0 atom stereocenters. The van der Waals surface area contributed by atoms with E-state index in [1.807, 2.05) is 12.1 Å². The van der Waals surface area contributed by atoms with Crippen LogP contribution in [0.25, 0.3) is 0 Å². The molecule has 0 saturated carbocycles. The van der Waals surface area contributed by atoms with Crippen LogP contribution in [0.2, 0.25) is 0 Å². The van der Waals surface area contributed by atoms with Crippen molar-refractivity contribution in [2.45, 2.75) is 84.0 Å². The van der Waals surface area contributed by atoms with Gasteiger partial charge < -0.3 is 9.47 Å². The molecule has 0 fully saturated rings. The van der Waals surface area contributed by atoms with Crippen molar-refractivity contribution in [3.05, 3.63) is 72.1 Å². The number of carbonyl (C=O) groups is 1. The standard InChI is InChI=1S/C31H40N4O3/c1-2-3-4-5-6-7-8-9-10-11-12-13-24-37-28-20-16-27(17-21-28)30(36)38-29-18-14-26(15-19-29)25-33-31-32-22-23-34-35-31/h14-23,25H,2-13,24H2,1H3/b33-25+. The zero-order valence-corrected chi connectivity index (χ0v) is 22.6. The largest absolute Gasteiger partial charge is 0.494 e. The molecule has 0 aliphatic rings. The van der Waals surface area contributed by atoms with Crippen LogP contribution in [0.3, 0.4) is 0 Å². The summed E-state index contributed by atoms with van der Waals surface area (Å²) in [5, 5.41) is 7.53. The highest BCUT2D eigenvalue weighted by molar-refractivity contribution is 5.91. The first-order valence-corrected chi connectivity index (χ1v) is 14.0. The Balaban J connectivity index is 1.27. The molecular weight excluding hydrogens is 476 g/mol. The summed E-state index contributed by atoms with van der Waals surface area (Å²) >= 11 is 0. The van der Waals surface area contributed by atoms with E-state index in [0.717, 1.165) is 17.7 Å². The molecule has 1 aromatic heterocycles. The monoisotopic (exact) mass is 516 g/mol. The van der Waals surface area contributed by atoms with E-state index in [1.54, 1.807) is 42.6 Å². The molecule has 38 heavy (non-hydrogen) atoms. The highest BCUT2D eigenvalue weighted by Crippen LogP contribution is 2.18. The van der Waals surface area contributed by atoms with Crippen molar-refractivity contribution in [1.29, 1.82) is 0 Å². The van der Waals surface area contributed by atoms with Crippen molar-refractivity contribution in [3.63, 3.8) is 0 Å². The molecule has 0 spiro atoms. The van der Waals surface area contributed by atoms with Gasteiger partial charge in [-0.05, 0) is 60.5 Å². The fourth-order valence-corrected chi connectivity index (χ4v) is 4.04. The number of aromatic nitrogens is 3. The van der Waals surface area contributed by atoms with Crippen LogP contribution in [0, 0.1) is 0 Å². The van der Waals surface area contributed by atoms with Crippen LogP contribution in [-0.2, 0) is 0 Å². The van der Waals surface area contributed by atoms with Crippen molar-refractivity contribution in [2.75, 3.05) is 6.61 Å². The number of nitrogens with zero attached hydrogens (tertiary/aromatic N) is 4. The lowest BCUT2D eigenvalue weighted by Crippen LogP contribution is -2.08. The van der Waals surface area contributed by atoms with Crippen LogP contribution >= 0.6 is 0 Å². The Hall–Kier alpha value is -3.61. The molecule has 0 amide bonds. The summed E-state index contributed by atoms with van der Waals surface area (Å²) in [5.74, 6) is 1.09. The molecule has 7 heteroatoms. The summed E-state index contributed by atoms with van der Waals surface area (Å²) < 4.78 is 11.3. The van der Waals surface area contributed by atoms with Gasteiger partial charge in [0.25, 0.3) is 5.95 Å². The second kappa shape index (κ2) is 17.8. The van der Waals surface area contributed by atoms with Gasteiger partial charge in [-0.15, -0.1) is 5.10 Å². The minimum atomic E-state index is -0.414. The Morgan fingerprint density at radius 3 is 1.97 bits per heavy atom. The Labute approximate surface area is 226 Å². The van der Waals surface area contributed by atoms with Crippen LogP contribution in [0.4, 0.5) is 5.95 Å². The predicted octanol–water partition coefficient (Wildman–Crippen LogP) is 7.92. The van der Waals surface area contributed by atoms with Crippen molar-refractivity contribution in [2.24, 2.45) is 4.99 Å². The Kier molecular flexibility index (Phi) is 13.5. The van der Waals surface area contributed by atoms with Crippen molar-refractivity contribution < 1.29 is 14.3 Å². The quantitative estimate of drug-likeness (QED) is 0.0738. The average Bonchev–Trinajstić information content (AvgIpc) is 2.96. The molecule has 1 heterocycles. The van der Waals surface area contributed by atoms with Gasteiger partial charge in [-0.1, -0.05) is 77.6 Å². The van der Waals surface area contributed by atoms with E-state index < -0.39 is 5.97 Å². The average molecular weight is 517 g/mol. The van der Waals surface area contributed by atoms with Gasteiger partial charge >= 0.3 is 5.97 Å². The molecule has 3 aromatic rings. The number of hydrogen-bond donors (Lipinski definition) is 0. The topological polar surface area (TPSA) is 86.6 Å². The normalized spacial score (nSPS) is 11.1. The maximum atomic E-state index is 12.5. The van der Waals surface area contributed by atoms with Crippen molar-refractivity contribution in [3.8, 4) is 11.5 Å². The first kappa shape index (κ1) is 29.0. The predicted molar refractivity (Wildman–Crippen MR) is 151 cm³/mol. The van der Waals surface area contributed by atoms with Crippen molar-refractivity contribution >= 4 is 18.1 Å². The molecule has 0 bridgehead atoms. The Morgan fingerprint density at radius 2 is 1.37 bits per heavy atom. The van der Waals surface area contributed by atoms with Crippen LogP contribution in [0.5, 0.6) is 11.5 Å². The first-order valence-electron chi connectivity index (χ1n) is 14.0. The number of hydrogen-bond acceptors (Lipinski definition) is 7. The third kappa shape index (κ3) is 11.6. The number of rotatable bonds is 18. The maximum absolute atomic E-state index is 12.5. The van der Waals surface area contributed by atoms with E-state index in [2.05, 4.69) is 27.1 Å². The lowest BCUT2D eigenvalue weighted by Gasteiger charge is -2.08. The molecule has 202 valence electrons. The van der Waals surface area contributed by atoms with Gasteiger partial charge in [0.2, 0.25) is 0 Å². The summed E-state index contributed by atoms with van der Waals surface area (Å²) in [6, 6.07) is 14.1. The molecule has 7 nitrogen and oxygen atoms in total. The fourth-order valence-electron chi connectivity index (χ4n) is 4.04. The second-order valence-electron chi connectivity index (χ2n) is 9.42. The van der Waals surface area contributed by atoms with Gasteiger partial charge in [0.15, 0.2) is 0 Å². The minimum Gasteiger partial charge on any atom is -0.494 e. The highest BCUT2D eigenvalue weighted by Gasteiger charge is 2.09. The lowest BCUT2D eigenvalue weighted by molar-refractivity contribution is 0.0734. The van der Waals surface area contributed by atoms with Gasteiger partial charge in [-0.25, -0.2) is 14.8 Å². The van der Waals surface area contributed by atoms with E-state index in [-0.39, 0.29) is 5.95 Å². The fraction of sp³-hybridized carbons (Fsp3) is 0.452. The number of esters is 1. The molecule has 0 unspecified atom stereocenters. The summed E-state index contributed by atoms with van der Waals surface area (Å²) in [5.41, 5.74) is 1.30. The summed E-state index contributed by atoms with van der Waals surface area (Å²) in [4.78, 5) is 20.6. The van der Waals surface area contributed by atoms with Gasteiger partial charge in [-0.2, -0.15) is 5.10 Å². The van der Waals surface area contributed by atoms with E-state index >= 15 is 0 Å². The molecular formula is C31H40N4O3. The lowest BCUT2D eigenvalue weighted by atomic mass is 10.1. The highest BCUT2D eigenvalue weighted by atomic mass is 16.5. The number of benzene rings is 2. The molecule has 0 aliphatic heterocycles.